The lowest BCUT2D eigenvalue weighted by atomic mass is 9.95. The van der Waals surface area contributed by atoms with E-state index >= 15 is 0 Å². The van der Waals surface area contributed by atoms with Crippen LogP contribution in [0.3, 0.4) is 0 Å². The molecule has 1 saturated heterocycles. The number of amides is 2. The zero-order valence-corrected chi connectivity index (χ0v) is 14.4. The summed E-state index contributed by atoms with van der Waals surface area (Å²) in [5.41, 5.74) is 5.92. The van der Waals surface area contributed by atoms with E-state index in [0.29, 0.717) is 43.1 Å². The number of methoxy groups -OCH3 is 2. The number of piperidine rings is 1. The number of hydrogen-bond acceptors (Lipinski definition) is 5. The van der Waals surface area contributed by atoms with Gasteiger partial charge < -0.3 is 20.5 Å². The van der Waals surface area contributed by atoms with Gasteiger partial charge in [-0.05, 0) is 45.0 Å². The van der Waals surface area contributed by atoms with Gasteiger partial charge >= 0.3 is 0 Å². The molecule has 3 N–H and O–H groups in total. The predicted molar refractivity (Wildman–Crippen MR) is 91.1 cm³/mol. The SMILES string of the molecule is COc1ccc(OC)c(NC(=O)C(C)N2CCC(C(N)=O)CC2)c1. The molecule has 1 aromatic rings. The van der Waals surface area contributed by atoms with E-state index in [0.717, 1.165) is 0 Å². The molecule has 0 aromatic heterocycles. The topological polar surface area (TPSA) is 93.9 Å². The van der Waals surface area contributed by atoms with Crippen molar-refractivity contribution >= 4 is 17.5 Å². The van der Waals surface area contributed by atoms with Crippen LogP contribution in [0.25, 0.3) is 0 Å². The summed E-state index contributed by atoms with van der Waals surface area (Å²) in [4.78, 5) is 25.8. The van der Waals surface area contributed by atoms with Crippen LogP contribution in [0, 0.1) is 5.92 Å². The van der Waals surface area contributed by atoms with Crippen molar-refractivity contribution < 1.29 is 19.1 Å². The van der Waals surface area contributed by atoms with E-state index in [-0.39, 0.29) is 23.8 Å². The van der Waals surface area contributed by atoms with E-state index in [1.807, 2.05) is 6.92 Å². The molecule has 0 spiro atoms. The number of carbonyl (C=O) groups is 2. The van der Waals surface area contributed by atoms with E-state index in [2.05, 4.69) is 10.2 Å². The number of nitrogens with zero attached hydrogens (tertiary/aromatic N) is 1. The maximum atomic E-state index is 12.6. The lowest BCUT2D eigenvalue weighted by Gasteiger charge is -2.34. The van der Waals surface area contributed by atoms with Gasteiger partial charge in [0.25, 0.3) is 0 Å². The first-order chi connectivity index (χ1) is 11.5. The molecule has 1 aromatic carbocycles. The van der Waals surface area contributed by atoms with Gasteiger partial charge in [0.05, 0.1) is 25.9 Å². The third-order valence-electron chi connectivity index (χ3n) is 4.52. The average Bonchev–Trinajstić information content (AvgIpc) is 2.60. The largest absolute Gasteiger partial charge is 0.497 e. The molecule has 1 aliphatic rings. The molecule has 2 rings (SSSR count). The highest BCUT2D eigenvalue weighted by molar-refractivity contribution is 5.96. The Kier molecular flexibility index (Phi) is 6.03. The summed E-state index contributed by atoms with van der Waals surface area (Å²) in [6, 6.07) is 4.93. The van der Waals surface area contributed by atoms with Crippen LogP contribution in [-0.4, -0.2) is 50.1 Å². The molecule has 132 valence electrons. The van der Waals surface area contributed by atoms with Crippen LogP contribution in [0.2, 0.25) is 0 Å². The van der Waals surface area contributed by atoms with Crippen molar-refractivity contribution in [3.05, 3.63) is 18.2 Å². The molecule has 2 amide bonds. The molecule has 0 bridgehead atoms. The molecule has 1 fully saturated rings. The van der Waals surface area contributed by atoms with Crippen molar-refractivity contribution in [2.24, 2.45) is 11.7 Å². The molecule has 7 nitrogen and oxygen atoms in total. The standard InChI is InChI=1S/C17H25N3O4/c1-11(20-8-6-12(7-9-20)16(18)21)17(22)19-14-10-13(23-2)4-5-15(14)24-3/h4-5,10-12H,6-9H2,1-3H3,(H2,18,21)(H,19,22). The molecule has 1 heterocycles. The molecule has 0 aliphatic carbocycles. The summed E-state index contributed by atoms with van der Waals surface area (Å²) in [5.74, 6) is 0.742. The summed E-state index contributed by atoms with van der Waals surface area (Å²) >= 11 is 0. The van der Waals surface area contributed by atoms with Crippen LogP contribution in [0.15, 0.2) is 18.2 Å². The number of anilines is 1. The zero-order chi connectivity index (χ0) is 17.7. The maximum Gasteiger partial charge on any atom is 0.241 e. The van der Waals surface area contributed by atoms with Crippen LogP contribution in [0.5, 0.6) is 11.5 Å². The number of rotatable bonds is 6. The molecule has 0 radical (unpaired) electrons. The number of nitrogens with two attached hydrogens (primary N) is 1. The second-order valence-corrected chi connectivity index (χ2v) is 5.94. The van der Waals surface area contributed by atoms with Gasteiger partial charge in [0.15, 0.2) is 0 Å². The smallest absolute Gasteiger partial charge is 0.241 e. The van der Waals surface area contributed by atoms with Crippen molar-refractivity contribution in [3.8, 4) is 11.5 Å². The Hall–Kier alpha value is -2.28. The van der Waals surface area contributed by atoms with Gasteiger partial charge in [-0.3, -0.25) is 14.5 Å². The predicted octanol–water partition coefficient (Wildman–Crippen LogP) is 1.23. The number of nitrogens with one attached hydrogen (secondary N) is 1. The summed E-state index contributed by atoms with van der Waals surface area (Å²) in [5, 5.41) is 2.89. The summed E-state index contributed by atoms with van der Waals surface area (Å²) < 4.78 is 10.5. The Bertz CT molecular complexity index is 597. The zero-order valence-electron chi connectivity index (χ0n) is 14.4. The highest BCUT2D eigenvalue weighted by atomic mass is 16.5. The number of carbonyl (C=O) groups excluding carboxylic acids is 2. The quantitative estimate of drug-likeness (QED) is 0.815. The van der Waals surface area contributed by atoms with E-state index in [1.54, 1.807) is 32.4 Å². The van der Waals surface area contributed by atoms with E-state index in [4.69, 9.17) is 15.2 Å². The third-order valence-corrected chi connectivity index (χ3v) is 4.52. The number of likely N-dealkylation sites (tertiary alicyclic amines) is 1. The van der Waals surface area contributed by atoms with E-state index in [1.165, 1.54) is 0 Å². The van der Waals surface area contributed by atoms with Crippen molar-refractivity contribution in [2.75, 3.05) is 32.6 Å². The lowest BCUT2D eigenvalue weighted by molar-refractivity contribution is -0.124. The number of ether oxygens (including phenoxy) is 2. The minimum Gasteiger partial charge on any atom is -0.497 e. The minimum absolute atomic E-state index is 0.0880. The van der Waals surface area contributed by atoms with Gasteiger partial charge in [0, 0.05) is 12.0 Å². The van der Waals surface area contributed by atoms with Crippen molar-refractivity contribution in [1.82, 2.24) is 4.90 Å². The molecule has 0 saturated carbocycles. The van der Waals surface area contributed by atoms with E-state index < -0.39 is 0 Å². The Morgan fingerprint density at radius 2 is 1.92 bits per heavy atom. The van der Waals surface area contributed by atoms with Gasteiger partial charge in [-0.2, -0.15) is 0 Å². The second kappa shape index (κ2) is 8.01. The summed E-state index contributed by atoms with van der Waals surface area (Å²) in [6.07, 6.45) is 1.38. The Labute approximate surface area is 142 Å². The summed E-state index contributed by atoms with van der Waals surface area (Å²) in [6.45, 7) is 3.21. The normalized spacial score (nSPS) is 17.1. The van der Waals surface area contributed by atoms with Gasteiger partial charge in [-0.25, -0.2) is 0 Å². The molecule has 1 aliphatic heterocycles. The first-order valence-electron chi connectivity index (χ1n) is 8.02. The van der Waals surface area contributed by atoms with Gasteiger partial charge in [-0.15, -0.1) is 0 Å². The molecule has 1 unspecified atom stereocenters. The fraction of sp³-hybridized carbons (Fsp3) is 0.529. The van der Waals surface area contributed by atoms with Crippen LogP contribution >= 0.6 is 0 Å². The monoisotopic (exact) mass is 335 g/mol. The lowest BCUT2D eigenvalue weighted by Crippen LogP contribution is -2.47. The number of hydrogen-bond donors (Lipinski definition) is 2. The van der Waals surface area contributed by atoms with Crippen molar-refractivity contribution in [2.45, 2.75) is 25.8 Å². The Balaban J connectivity index is 2.01. The first-order valence-corrected chi connectivity index (χ1v) is 8.02. The molecular formula is C17H25N3O4. The van der Waals surface area contributed by atoms with Crippen molar-refractivity contribution in [1.29, 1.82) is 0 Å². The summed E-state index contributed by atoms with van der Waals surface area (Å²) in [7, 11) is 3.12. The molecular weight excluding hydrogens is 310 g/mol. The van der Waals surface area contributed by atoms with Crippen molar-refractivity contribution in [3.63, 3.8) is 0 Å². The fourth-order valence-electron chi connectivity index (χ4n) is 2.89. The maximum absolute atomic E-state index is 12.6. The Morgan fingerprint density at radius 3 is 2.46 bits per heavy atom. The Morgan fingerprint density at radius 1 is 1.25 bits per heavy atom. The first kappa shape index (κ1) is 18.1. The molecule has 24 heavy (non-hydrogen) atoms. The average molecular weight is 335 g/mol. The van der Waals surface area contributed by atoms with Crippen LogP contribution < -0.4 is 20.5 Å². The highest BCUT2D eigenvalue weighted by Gasteiger charge is 2.29. The minimum atomic E-state index is -0.310. The van der Waals surface area contributed by atoms with Gasteiger partial charge in [-0.1, -0.05) is 0 Å². The second-order valence-electron chi connectivity index (χ2n) is 5.94. The van der Waals surface area contributed by atoms with Gasteiger partial charge in [0.1, 0.15) is 11.5 Å². The van der Waals surface area contributed by atoms with Crippen LogP contribution in [0.1, 0.15) is 19.8 Å². The number of primary amides is 1. The molecule has 7 heteroatoms. The van der Waals surface area contributed by atoms with Crippen LogP contribution in [-0.2, 0) is 9.59 Å². The van der Waals surface area contributed by atoms with E-state index in [9.17, 15) is 9.59 Å². The third kappa shape index (κ3) is 4.17. The van der Waals surface area contributed by atoms with Crippen LogP contribution in [0.4, 0.5) is 5.69 Å². The number of benzene rings is 1. The highest BCUT2D eigenvalue weighted by Crippen LogP contribution is 2.29. The van der Waals surface area contributed by atoms with Gasteiger partial charge in [0.2, 0.25) is 11.8 Å². The molecule has 1 atom stereocenters. The fourth-order valence-corrected chi connectivity index (χ4v) is 2.89.